The van der Waals surface area contributed by atoms with Gasteiger partial charge < -0.3 is 15.4 Å². The van der Waals surface area contributed by atoms with Crippen molar-refractivity contribution in [2.45, 2.75) is 52.1 Å². The number of aryl methyl sites for hydroxylation is 2. The van der Waals surface area contributed by atoms with Gasteiger partial charge >= 0.3 is 6.36 Å². The number of alkyl halides is 3. The Labute approximate surface area is 166 Å². The highest BCUT2D eigenvalue weighted by molar-refractivity contribution is 7.11. The molecule has 1 saturated carbocycles. The number of hydrogen-bond acceptors (Lipinski definition) is 4. The molecule has 152 valence electrons. The predicted molar refractivity (Wildman–Crippen MR) is 104 cm³/mol. The molecule has 0 aliphatic heterocycles. The van der Waals surface area contributed by atoms with Crippen LogP contribution in [0.5, 0.6) is 5.75 Å². The number of para-hydroxylation sites is 1. The molecule has 1 aliphatic rings. The first-order valence-electron chi connectivity index (χ1n) is 9.09. The van der Waals surface area contributed by atoms with Crippen molar-refractivity contribution in [2.75, 3.05) is 6.54 Å². The molecule has 1 aromatic carbocycles. The van der Waals surface area contributed by atoms with E-state index < -0.39 is 6.36 Å². The smallest absolute Gasteiger partial charge is 0.405 e. The largest absolute Gasteiger partial charge is 0.573 e. The summed E-state index contributed by atoms with van der Waals surface area (Å²) in [6.07, 6.45) is -3.98. The molecule has 1 aromatic heterocycles. The molecule has 0 saturated heterocycles. The van der Waals surface area contributed by atoms with E-state index in [2.05, 4.69) is 25.3 Å². The maximum Gasteiger partial charge on any atom is 0.573 e. The molecular weight excluding hydrogens is 389 g/mol. The fourth-order valence-electron chi connectivity index (χ4n) is 3.07. The molecular formula is C19H23F3N4OS. The maximum atomic E-state index is 12.6. The van der Waals surface area contributed by atoms with Crippen LogP contribution in [0.1, 0.15) is 40.4 Å². The fourth-order valence-corrected chi connectivity index (χ4v) is 3.93. The second-order valence-corrected chi connectivity index (χ2v) is 7.90. The first-order valence-corrected chi connectivity index (χ1v) is 9.91. The predicted octanol–water partition coefficient (Wildman–Crippen LogP) is 4.27. The Morgan fingerprint density at radius 3 is 2.71 bits per heavy atom. The molecule has 0 radical (unpaired) electrons. The van der Waals surface area contributed by atoms with Gasteiger partial charge in [0, 0.05) is 23.4 Å². The lowest BCUT2D eigenvalue weighted by atomic mass is 10.1. The number of benzene rings is 1. The number of aliphatic imine (C=N–C) groups is 1. The zero-order chi connectivity index (χ0) is 20.3. The summed E-state index contributed by atoms with van der Waals surface area (Å²) >= 11 is 1.62. The van der Waals surface area contributed by atoms with Crippen molar-refractivity contribution in [2.24, 2.45) is 4.99 Å². The molecule has 1 heterocycles. The van der Waals surface area contributed by atoms with Gasteiger partial charge in [-0.1, -0.05) is 18.2 Å². The average molecular weight is 412 g/mol. The summed E-state index contributed by atoms with van der Waals surface area (Å²) in [6, 6.07) is 6.32. The summed E-state index contributed by atoms with van der Waals surface area (Å²) in [4.78, 5) is 10.1. The van der Waals surface area contributed by atoms with E-state index in [1.54, 1.807) is 29.5 Å². The zero-order valence-electron chi connectivity index (χ0n) is 15.9. The van der Waals surface area contributed by atoms with Gasteiger partial charge in [-0.3, -0.25) is 0 Å². The van der Waals surface area contributed by atoms with Gasteiger partial charge in [0.15, 0.2) is 5.96 Å². The molecule has 2 N–H and O–H groups in total. The number of ether oxygens (including phenoxy) is 1. The number of aromatic nitrogens is 1. The first-order chi connectivity index (χ1) is 13.3. The van der Waals surface area contributed by atoms with Crippen LogP contribution >= 0.6 is 11.3 Å². The Kier molecular flexibility index (Phi) is 6.12. The van der Waals surface area contributed by atoms with Gasteiger partial charge in [0.25, 0.3) is 0 Å². The molecule has 9 heteroatoms. The van der Waals surface area contributed by atoms with E-state index in [0.29, 0.717) is 24.6 Å². The lowest BCUT2D eigenvalue weighted by Gasteiger charge is -2.14. The minimum absolute atomic E-state index is 0.0140. The van der Waals surface area contributed by atoms with Crippen LogP contribution in [0.15, 0.2) is 29.3 Å². The molecule has 0 bridgehead atoms. The number of guanidine groups is 1. The van der Waals surface area contributed by atoms with Gasteiger partial charge in [-0.2, -0.15) is 0 Å². The highest BCUT2D eigenvalue weighted by Crippen LogP contribution is 2.45. The number of nitrogens with one attached hydrogen (secondary N) is 2. The van der Waals surface area contributed by atoms with E-state index in [0.717, 1.165) is 22.0 Å². The first kappa shape index (κ1) is 20.4. The van der Waals surface area contributed by atoms with Crippen LogP contribution in [0.4, 0.5) is 13.2 Å². The zero-order valence-corrected chi connectivity index (χ0v) is 16.7. The van der Waals surface area contributed by atoms with Crippen LogP contribution in [0, 0.1) is 13.8 Å². The number of nitrogens with zero attached hydrogens (tertiary/aromatic N) is 2. The van der Waals surface area contributed by atoms with Crippen LogP contribution in [0.25, 0.3) is 0 Å². The van der Waals surface area contributed by atoms with Crippen molar-refractivity contribution in [1.82, 2.24) is 15.6 Å². The van der Waals surface area contributed by atoms with Crippen molar-refractivity contribution < 1.29 is 17.9 Å². The SMILES string of the molecule is CCNC(=NCc1sc(C)nc1C)NC1CC1c1ccccc1OC(F)(F)F. The fraction of sp³-hybridized carbons (Fsp3) is 0.474. The summed E-state index contributed by atoms with van der Waals surface area (Å²) in [5.41, 5.74) is 1.53. The molecule has 1 aliphatic carbocycles. The maximum absolute atomic E-state index is 12.6. The van der Waals surface area contributed by atoms with Crippen LogP contribution in [0.2, 0.25) is 0 Å². The topological polar surface area (TPSA) is 58.5 Å². The molecule has 0 spiro atoms. The lowest BCUT2D eigenvalue weighted by Crippen LogP contribution is -2.39. The summed E-state index contributed by atoms with van der Waals surface area (Å²) in [7, 11) is 0. The third kappa shape index (κ3) is 5.37. The van der Waals surface area contributed by atoms with E-state index in [9.17, 15) is 13.2 Å². The van der Waals surface area contributed by atoms with Crippen LogP contribution < -0.4 is 15.4 Å². The van der Waals surface area contributed by atoms with Crippen molar-refractivity contribution in [1.29, 1.82) is 0 Å². The van der Waals surface area contributed by atoms with Gasteiger partial charge in [0.05, 0.1) is 17.2 Å². The normalized spacial score (nSPS) is 19.4. The molecule has 0 amide bonds. The van der Waals surface area contributed by atoms with Crippen molar-refractivity contribution in [3.63, 3.8) is 0 Å². The van der Waals surface area contributed by atoms with E-state index >= 15 is 0 Å². The van der Waals surface area contributed by atoms with Crippen molar-refractivity contribution in [3.05, 3.63) is 45.4 Å². The van der Waals surface area contributed by atoms with Gasteiger partial charge in [0.2, 0.25) is 0 Å². The lowest BCUT2D eigenvalue weighted by molar-refractivity contribution is -0.274. The van der Waals surface area contributed by atoms with Crippen molar-refractivity contribution in [3.8, 4) is 5.75 Å². The van der Waals surface area contributed by atoms with Crippen molar-refractivity contribution >= 4 is 17.3 Å². The molecule has 28 heavy (non-hydrogen) atoms. The Bertz CT molecular complexity index is 850. The minimum atomic E-state index is -4.70. The molecule has 1 fully saturated rings. The summed E-state index contributed by atoms with van der Waals surface area (Å²) < 4.78 is 42.1. The van der Waals surface area contributed by atoms with Gasteiger partial charge in [0.1, 0.15) is 5.75 Å². The Hall–Kier alpha value is -2.29. The molecule has 5 nitrogen and oxygen atoms in total. The van der Waals surface area contributed by atoms with E-state index in [1.807, 2.05) is 20.8 Å². The second-order valence-electron chi connectivity index (χ2n) is 6.62. The van der Waals surface area contributed by atoms with Gasteiger partial charge in [-0.05, 0) is 38.8 Å². The number of thiazole rings is 1. The Morgan fingerprint density at radius 1 is 1.32 bits per heavy atom. The standard InChI is InChI=1S/C19H23F3N4OS/c1-4-23-18(24-10-17-11(2)25-12(3)28-17)26-15-9-14(15)13-7-5-6-8-16(13)27-19(20,21)22/h5-8,14-15H,4,9-10H2,1-3H3,(H2,23,24,26). The van der Waals surface area contributed by atoms with Gasteiger partial charge in [-0.15, -0.1) is 24.5 Å². The van der Waals surface area contributed by atoms with E-state index in [-0.39, 0.29) is 17.7 Å². The number of halogens is 3. The highest BCUT2D eigenvalue weighted by atomic mass is 32.1. The van der Waals surface area contributed by atoms with E-state index in [1.165, 1.54) is 6.07 Å². The average Bonchev–Trinajstić information content (AvgIpc) is 3.28. The third-order valence-electron chi connectivity index (χ3n) is 4.38. The Balaban J connectivity index is 1.67. The molecule has 2 unspecified atom stereocenters. The highest BCUT2D eigenvalue weighted by Gasteiger charge is 2.42. The molecule has 2 aromatic rings. The minimum Gasteiger partial charge on any atom is -0.405 e. The van der Waals surface area contributed by atoms with E-state index in [4.69, 9.17) is 0 Å². The van der Waals surface area contributed by atoms with Crippen LogP contribution in [0.3, 0.4) is 0 Å². The second kappa shape index (κ2) is 8.38. The molecule has 3 rings (SSSR count). The summed E-state index contributed by atoms with van der Waals surface area (Å²) in [6.45, 7) is 7.10. The molecule has 2 atom stereocenters. The van der Waals surface area contributed by atoms with Crippen LogP contribution in [-0.4, -0.2) is 29.9 Å². The van der Waals surface area contributed by atoms with Crippen LogP contribution in [-0.2, 0) is 6.54 Å². The number of hydrogen-bond donors (Lipinski definition) is 2. The quantitative estimate of drug-likeness (QED) is 0.550. The van der Waals surface area contributed by atoms with Gasteiger partial charge in [-0.25, -0.2) is 9.98 Å². The Morgan fingerprint density at radius 2 is 2.07 bits per heavy atom. The summed E-state index contributed by atoms with van der Waals surface area (Å²) in [5.74, 6) is 0.464. The monoisotopic (exact) mass is 412 g/mol. The third-order valence-corrected chi connectivity index (χ3v) is 5.44. The summed E-state index contributed by atoms with van der Waals surface area (Å²) in [5, 5.41) is 7.50. The number of rotatable bonds is 6.